The summed E-state index contributed by atoms with van der Waals surface area (Å²) in [5.74, 6) is -1.18. The number of carbonyl (C=O) groups excluding carboxylic acids is 4. The van der Waals surface area contributed by atoms with Crippen LogP contribution in [0, 0.1) is 0 Å². The van der Waals surface area contributed by atoms with Crippen molar-refractivity contribution >= 4 is 23.8 Å². The van der Waals surface area contributed by atoms with Crippen molar-refractivity contribution in [2.45, 2.75) is 264 Å². The second kappa shape index (κ2) is 51.3. The molecule has 0 saturated carbocycles. The molecule has 0 rings (SSSR count). The van der Waals surface area contributed by atoms with Gasteiger partial charge in [0.05, 0.1) is 46.1 Å². The molecule has 2 amide bonds. The molecule has 0 aromatic rings. The molecule has 0 aromatic carbocycles. The lowest BCUT2D eigenvalue weighted by Gasteiger charge is -2.30. The third-order valence-corrected chi connectivity index (χ3v) is 13.1. The number of nitrogens with one attached hydrogen (secondary N) is 2. The van der Waals surface area contributed by atoms with Crippen LogP contribution in [0.15, 0.2) is 24.3 Å². The zero-order chi connectivity index (χ0) is 51.2. The van der Waals surface area contributed by atoms with E-state index in [9.17, 15) is 29.4 Å². The Morgan fingerprint density at radius 3 is 1.27 bits per heavy atom. The number of aliphatic hydroxyl groups excluding tert-OH is 2. The molecule has 0 spiro atoms. The lowest BCUT2D eigenvalue weighted by molar-refractivity contribution is -0.883. The van der Waals surface area contributed by atoms with Crippen LogP contribution in [0.5, 0.6) is 0 Å². The van der Waals surface area contributed by atoms with Gasteiger partial charge in [0.15, 0.2) is 6.54 Å². The molecular formula is C57H109Cl2N4O8-. The standard InChI is InChI=1S/C57H108N4O8.2ClH/c1-8-12-16-18-20-22-24-25-27-29-37-45-60(5)47-56(66)68-52(41-31-14-10-3)50(62)39-33-35-43-54(64)58-49-59-55(65)44-36-34-40-51(63)53(42-32-15-11-4)69-57(67)48-61(6,7)46-38-30-28-26-23-21-19-17-13-9-2;;/h33-36,50-53,62-63H,8-32,37-49H2,1-7H3,(H-,58,59,64,65);2*1H/p-1/b35-33+,36-34+;;. The minimum Gasteiger partial charge on any atom is -1.00 e. The molecule has 14 heteroatoms. The van der Waals surface area contributed by atoms with Crippen LogP contribution in [-0.2, 0) is 28.7 Å². The minimum absolute atomic E-state index is 0. The number of rotatable bonds is 49. The fourth-order valence-electron chi connectivity index (χ4n) is 8.61. The van der Waals surface area contributed by atoms with Crippen molar-refractivity contribution < 1.29 is 68.2 Å². The first kappa shape index (κ1) is 73.0. The second-order valence-electron chi connectivity index (χ2n) is 20.7. The lowest BCUT2D eigenvalue weighted by atomic mass is 10.0. The van der Waals surface area contributed by atoms with Crippen LogP contribution in [0.3, 0.4) is 0 Å². The number of unbranched alkanes of at least 4 members (excludes halogenated alkanes) is 23. The summed E-state index contributed by atoms with van der Waals surface area (Å²) >= 11 is 0. The summed E-state index contributed by atoms with van der Waals surface area (Å²) in [4.78, 5) is 52.9. The maximum Gasteiger partial charge on any atom is 0.362 e. The van der Waals surface area contributed by atoms with Crippen molar-refractivity contribution in [3.05, 3.63) is 24.3 Å². The highest BCUT2D eigenvalue weighted by atomic mass is 35.5. The Hall–Kier alpha value is -2.22. The Balaban J connectivity index is -0.0000231. The molecule has 12 nitrogen and oxygen atoms in total. The topological polar surface area (TPSA) is 154 Å². The van der Waals surface area contributed by atoms with Crippen molar-refractivity contribution in [2.75, 3.05) is 54.0 Å². The van der Waals surface area contributed by atoms with Crippen molar-refractivity contribution in [2.24, 2.45) is 0 Å². The van der Waals surface area contributed by atoms with E-state index in [1.165, 1.54) is 116 Å². The molecule has 0 bridgehead atoms. The SMILES string of the molecule is CCCCCCCCCCCCCN(C)CC(=O)OC(CCCCC)C(O)C/C=C/CC(=O)NCNC(=O)C/C=C/CC(O)C(CCCCC)OC(=O)C[N+](C)(C)CCCCCCCCCCCC.[Cl-].[Cl-]. The number of halogens is 2. The van der Waals surface area contributed by atoms with Gasteiger partial charge in [-0.25, -0.2) is 4.79 Å². The van der Waals surface area contributed by atoms with E-state index in [1.54, 1.807) is 24.3 Å². The number of quaternary nitrogens is 1. The highest BCUT2D eigenvalue weighted by Crippen LogP contribution is 2.18. The zero-order valence-corrected chi connectivity index (χ0v) is 48.0. The maximum absolute atomic E-state index is 13.1. The van der Waals surface area contributed by atoms with Crippen LogP contribution in [0.4, 0.5) is 0 Å². The minimum atomic E-state index is -0.877. The van der Waals surface area contributed by atoms with Gasteiger partial charge in [0.25, 0.3) is 0 Å². The van der Waals surface area contributed by atoms with Gasteiger partial charge in [0, 0.05) is 12.8 Å². The highest BCUT2D eigenvalue weighted by Gasteiger charge is 2.27. The molecule has 0 fully saturated rings. The van der Waals surface area contributed by atoms with E-state index in [1.807, 2.05) is 11.9 Å². The summed E-state index contributed by atoms with van der Waals surface area (Å²) < 4.78 is 12.2. The summed E-state index contributed by atoms with van der Waals surface area (Å²) in [5, 5.41) is 27.4. The molecule has 0 aliphatic rings. The molecular weight excluding hydrogens is 940 g/mol. The maximum atomic E-state index is 13.1. The molecule has 0 aromatic heterocycles. The third-order valence-electron chi connectivity index (χ3n) is 13.1. The fourth-order valence-corrected chi connectivity index (χ4v) is 8.61. The smallest absolute Gasteiger partial charge is 0.362 e. The predicted molar refractivity (Wildman–Crippen MR) is 286 cm³/mol. The van der Waals surface area contributed by atoms with Gasteiger partial charge in [0.2, 0.25) is 11.8 Å². The van der Waals surface area contributed by atoms with E-state index >= 15 is 0 Å². The number of carbonyl (C=O) groups is 4. The lowest BCUT2D eigenvalue weighted by Crippen LogP contribution is -3.00. The largest absolute Gasteiger partial charge is 1.00 e. The quantitative estimate of drug-likeness (QED) is 0.0195. The molecule has 71 heavy (non-hydrogen) atoms. The molecule has 4 unspecified atom stereocenters. The molecule has 420 valence electrons. The van der Waals surface area contributed by atoms with Crippen LogP contribution in [-0.4, -0.2) is 122 Å². The number of ether oxygens (including phenoxy) is 2. The van der Waals surface area contributed by atoms with Crippen LogP contribution in [0.25, 0.3) is 0 Å². The molecule has 0 saturated heterocycles. The van der Waals surface area contributed by atoms with E-state index in [-0.39, 0.29) is 94.0 Å². The highest BCUT2D eigenvalue weighted by molar-refractivity contribution is 5.80. The van der Waals surface area contributed by atoms with Gasteiger partial charge in [-0.3, -0.25) is 19.3 Å². The number of aliphatic hydroxyl groups is 2. The average molecular weight is 1050 g/mol. The zero-order valence-electron chi connectivity index (χ0n) is 46.5. The predicted octanol–water partition coefficient (Wildman–Crippen LogP) is 5.80. The Kier molecular flexibility index (Phi) is 52.7. The first-order valence-corrected chi connectivity index (χ1v) is 28.4. The van der Waals surface area contributed by atoms with Gasteiger partial charge in [-0.15, -0.1) is 0 Å². The number of amides is 2. The van der Waals surface area contributed by atoms with E-state index < -0.39 is 24.4 Å². The van der Waals surface area contributed by atoms with Crippen LogP contribution in [0.2, 0.25) is 0 Å². The Morgan fingerprint density at radius 2 is 0.859 bits per heavy atom. The van der Waals surface area contributed by atoms with Gasteiger partial charge < -0.3 is 59.6 Å². The summed E-state index contributed by atoms with van der Waals surface area (Å²) in [6.07, 6.45) is 38.3. The molecule has 4 atom stereocenters. The van der Waals surface area contributed by atoms with E-state index in [0.717, 1.165) is 70.9 Å². The van der Waals surface area contributed by atoms with Crippen molar-refractivity contribution in [3.63, 3.8) is 0 Å². The summed E-state index contributed by atoms with van der Waals surface area (Å²) in [5.41, 5.74) is 0. The summed E-state index contributed by atoms with van der Waals surface area (Å²) in [6, 6.07) is 0. The first-order chi connectivity index (χ1) is 33.3. The second-order valence-corrected chi connectivity index (χ2v) is 20.7. The number of nitrogens with zero attached hydrogens (tertiary/aromatic N) is 2. The van der Waals surface area contributed by atoms with Crippen LogP contribution in [0.1, 0.15) is 240 Å². The number of hydrogen-bond donors (Lipinski definition) is 4. The normalized spacial score (nSPS) is 13.4. The molecule has 0 aliphatic heterocycles. The Labute approximate surface area is 447 Å². The number of hydrogen-bond acceptors (Lipinski definition) is 9. The van der Waals surface area contributed by atoms with Gasteiger partial charge in [-0.05, 0) is 71.4 Å². The van der Waals surface area contributed by atoms with Crippen molar-refractivity contribution in [3.8, 4) is 0 Å². The van der Waals surface area contributed by atoms with Gasteiger partial charge >= 0.3 is 11.9 Å². The van der Waals surface area contributed by atoms with E-state index in [2.05, 4.69) is 52.4 Å². The molecule has 0 aliphatic carbocycles. The van der Waals surface area contributed by atoms with Crippen molar-refractivity contribution in [1.29, 1.82) is 0 Å². The van der Waals surface area contributed by atoms with Crippen LogP contribution >= 0.6 is 0 Å². The Bertz CT molecular complexity index is 1320. The molecule has 0 heterocycles. The van der Waals surface area contributed by atoms with Gasteiger partial charge in [0.1, 0.15) is 12.2 Å². The molecule has 0 radical (unpaired) electrons. The average Bonchev–Trinajstić information content (AvgIpc) is 3.30. The van der Waals surface area contributed by atoms with Gasteiger partial charge in [-0.1, -0.05) is 193 Å². The number of likely N-dealkylation sites (N-methyl/N-ethyl adjacent to an activating group) is 2. The monoisotopic (exact) mass is 1050 g/mol. The summed E-state index contributed by atoms with van der Waals surface area (Å²) in [7, 11) is 6.07. The summed E-state index contributed by atoms with van der Waals surface area (Å²) in [6.45, 7) is 10.9. The van der Waals surface area contributed by atoms with Crippen molar-refractivity contribution in [1.82, 2.24) is 15.5 Å². The van der Waals surface area contributed by atoms with E-state index in [0.29, 0.717) is 17.3 Å². The van der Waals surface area contributed by atoms with E-state index in [4.69, 9.17) is 9.47 Å². The fraction of sp³-hybridized carbons (Fsp3) is 0.860. The molecule has 4 N–H and O–H groups in total. The third kappa shape index (κ3) is 47.3. The first-order valence-electron chi connectivity index (χ1n) is 28.4. The van der Waals surface area contributed by atoms with Gasteiger partial charge in [-0.2, -0.15) is 0 Å². The Morgan fingerprint density at radius 1 is 0.507 bits per heavy atom. The van der Waals surface area contributed by atoms with Crippen LogP contribution < -0.4 is 35.4 Å². The number of esters is 2.